The molecule has 1 aromatic carbocycles. The molecule has 0 heterocycles. The summed E-state index contributed by atoms with van der Waals surface area (Å²) in [5.74, 6) is 0. The first-order chi connectivity index (χ1) is 6.66. The van der Waals surface area contributed by atoms with Crippen molar-refractivity contribution in [1.29, 1.82) is 0 Å². The highest BCUT2D eigenvalue weighted by molar-refractivity contribution is 6.30. The van der Waals surface area contributed by atoms with Crippen molar-refractivity contribution in [3.05, 3.63) is 34.9 Å². The Morgan fingerprint density at radius 3 is 2.50 bits per heavy atom. The molecular weight excluding hydrogens is 203 g/mol. The van der Waals surface area contributed by atoms with Crippen LogP contribution in [0.4, 0.5) is 4.39 Å². The fourth-order valence-corrected chi connectivity index (χ4v) is 1.73. The molecule has 0 radical (unpaired) electrons. The van der Waals surface area contributed by atoms with Crippen LogP contribution in [0.25, 0.3) is 0 Å². The molecule has 1 aliphatic carbocycles. The van der Waals surface area contributed by atoms with E-state index in [9.17, 15) is 9.18 Å². The summed E-state index contributed by atoms with van der Waals surface area (Å²) in [6, 6.07) is 7.17. The van der Waals surface area contributed by atoms with E-state index in [2.05, 4.69) is 0 Å². The van der Waals surface area contributed by atoms with Crippen LogP contribution >= 0.6 is 11.6 Å². The lowest BCUT2D eigenvalue weighted by atomic mass is 9.98. The van der Waals surface area contributed by atoms with Gasteiger partial charge in [0.1, 0.15) is 12.5 Å². The van der Waals surface area contributed by atoms with Crippen LogP contribution < -0.4 is 0 Å². The fourth-order valence-electron chi connectivity index (χ4n) is 1.60. The summed E-state index contributed by atoms with van der Waals surface area (Å²) < 4.78 is 12.9. The fraction of sp³-hybridized carbons (Fsp3) is 0.364. The zero-order valence-electron chi connectivity index (χ0n) is 7.54. The molecule has 1 nitrogen and oxygen atoms in total. The molecule has 2 unspecified atom stereocenters. The van der Waals surface area contributed by atoms with Crippen molar-refractivity contribution in [2.45, 2.75) is 19.0 Å². The highest BCUT2D eigenvalue weighted by Crippen LogP contribution is 2.49. The number of carbonyl (C=O) groups is 1. The SMILES string of the molecule is O=CC1(Cc2ccc(Cl)cc2)CC1F. The summed E-state index contributed by atoms with van der Waals surface area (Å²) in [5, 5.41) is 0.654. The molecule has 1 fully saturated rings. The molecule has 1 aromatic rings. The summed E-state index contributed by atoms with van der Waals surface area (Å²) in [6.07, 6.45) is 0.621. The summed E-state index contributed by atoms with van der Waals surface area (Å²) in [4.78, 5) is 10.7. The van der Waals surface area contributed by atoms with Crippen LogP contribution in [0.3, 0.4) is 0 Å². The van der Waals surface area contributed by atoms with Gasteiger partial charge in [0.15, 0.2) is 0 Å². The smallest absolute Gasteiger partial charge is 0.129 e. The maximum atomic E-state index is 12.9. The molecule has 0 N–H and O–H groups in total. The Bertz CT molecular complexity index is 349. The van der Waals surface area contributed by atoms with E-state index in [1.165, 1.54) is 0 Å². The van der Waals surface area contributed by atoms with E-state index < -0.39 is 11.6 Å². The number of alkyl halides is 1. The van der Waals surface area contributed by atoms with Gasteiger partial charge in [-0.25, -0.2) is 4.39 Å². The lowest BCUT2D eigenvalue weighted by Crippen LogP contribution is -2.10. The third kappa shape index (κ3) is 1.67. The van der Waals surface area contributed by atoms with Gasteiger partial charge in [-0.1, -0.05) is 23.7 Å². The number of carbonyl (C=O) groups excluding carboxylic acids is 1. The second-order valence-electron chi connectivity index (χ2n) is 3.83. The Morgan fingerprint density at radius 2 is 2.07 bits per heavy atom. The monoisotopic (exact) mass is 212 g/mol. The Morgan fingerprint density at radius 1 is 1.50 bits per heavy atom. The molecule has 0 amide bonds. The van der Waals surface area contributed by atoms with Crippen molar-refractivity contribution in [2.75, 3.05) is 0 Å². The van der Waals surface area contributed by atoms with Gasteiger partial charge in [0.05, 0.1) is 5.41 Å². The summed E-state index contributed by atoms with van der Waals surface area (Å²) in [6.45, 7) is 0. The standard InChI is InChI=1S/C11H10ClFO/c12-9-3-1-8(2-4-9)5-11(7-14)6-10(11)13/h1-4,7,10H,5-6H2. The molecule has 0 spiro atoms. The van der Waals surface area contributed by atoms with Gasteiger partial charge in [-0.3, -0.25) is 0 Å². The number of aldehydes is 1. The second kappa shape index (κ2) is 3.35. The predicted octanol–water partition coefficient (Wildman–Crippen LogP) is 2.81. The van der Waals surface area contributed by atoms with Gasteiger partial charge in [-0.05, 0) is 30.5 Å². The van der Waals surface area contributed by atoms with Gasteiger partial charge in [-0.2, -0.15) is 0 Å². The zero-order chi connectivity index (χ0) is 10.2. The number of rotatable bonds is 3. The van der Waals surface area contributed by atoms with Crippen molar-refractivity contribution in [2.24, 2.45) is 5.41 Å². The van der Waals surface area contributed by atoms with Crippen LogP contribution in [0.2, 0.25) is 5.02 Å². The van der Waals surface area contributed by atoms with Crippen molar-refractivity contribution in [3.63, 3.8) is 0 Å². The maximum absolute atomic E-state index is 12.9. The van der Waals surface area contributed by atoms with E-state index in [1.54, 1.807) is 12.1 Å². The minimum absolute atomic E-state index is 0.360. The van der Waals surface area contributed by atoms with Crippen LogP contribution in [0.1, 0.15) is 12.0 Å². The Balaban J connectivity index is 2.11. The largest absolute Gasteiger partial charge is 0.303 e. The van der Waals surface area contributed by atoms with E-state index in [-0.39, 0.29) is 0 Å². The molecule has 0 aliphatic heterocycles. The van der Waals surface area contributed by atoms with E-state index in [4.69, 9.17) is 11.6 Å². The van der Waals surface area contributed by atoms with E-state index in [1.807, 2.05) is 12.1 Å². The van der Waals surface area contributed by atoms with Crippen LogP contribution in [-0.4, -0.2) is 12.5 Å². The van der Waals surface area contributed by atoms with Gasteiger partial charge in [0.2, 0.25) is 0 Å². The lowest BCUT2D eigenvalue weighted by molar-refractivity contribution is -0.112. The molecular formula is C11H10ClFO. The van der Waals surface area contributed by atoms with E-state index in [0.29, 0.717) is 17.9 Å². The average Bonchev–Trinajstić information content (AvgIpc) is 2.82. The highest BCUT2D eigenvalue weighted by atomic mass is 35.5. The molecule has 0 saturated heterocycles. The third-order valence-electron chi connectivity index (χ3n) is 2.70. The first-order valence-electron chi connectivity index (χ1n) is 4.51. The molecule has 2 atom stereocenters. The minimum Gasteiger partial charge on any atom is -0.303 e. The van der Waals surface area contributed by atoms with Gasteiger partial charge >= 0.3 is 0 Å². The lowest BCUT2D eigenvalue weighted by Gasteiger charge is -2.06. The maximum Gasteiger partial charge on any atom is 0.129 e. The van der Waals surface area contributed by atoms with E-state index >= 15 is 0 Å². The van der Waals surface area contributed by atoms with Gasteiger partial charge < -0.3 is 4.79 Å². The zero-order valence-corrected chi connectivity index (χ0v) is 8.30. The third-order valence-corrected chi connectivity index (χ3v) is 2.96. The molecule has 1 saturated carbocycles. The molecule has 14 heavy (non-hydrogen) atoms. The Kier molecular flexibility index (Phi) is 2.31. The van der Waals surface area contributed by atoms with Gasteiger partial charge in [-0.15, -0.1) is 0 Å². The quantitative estimate of drug-likeness (QED) is 0.705. The molecule has 74 valence electrons. The van der Waals surface area contributed by atoms with Crippen LogP contribution in [0.15, 0.2) is 24.3 Å². The molecule has 0 bridgehead atoms. The van der Waals surface area contributed by atoms with Crippen molar-refractivity contribution in [1.82, 2.24) is 0 Å². The minimum atomic E-state index is -0.962. The van der Waals surface area contributed by atoms with Gasteiger partial charge in [0.25, 0.3) is 0 Å². The first-order valence-corrected chi connectivity index (χ1v) is 4.89. The number of hydrogen-bond acceptors (Lipinski definition) is 1. The molecule has 1 aliphatic rings. The van der Waals surface area contributed by atoms with Gasteiger partial charge in [0, 0.05) is 5.02 Å². The first kappa shape index (κ1) is 9.66. The summed E-state index contributed by atoms with van der Waals surface area (Å²) in [7, 11) is 0. The van der Waals surface area contributed by atoms with Crippen molar-refractivity contribution >= 4 is 17.9 Å². The average molecular weight is 213 g/mol. The molecule has 2 rings (SSSR count). The highest BCUT2D eigenvalue weighted by Gasteiger charge is 2.55. The summed E-state index contributed by atoms with van der Waals surface area (Å²) >= 11 is 5.72. The molecule has 3 heteroatoms. The topological polar surface area (TPSA) is 17.1 Å². The Labute approximate surface area is 86.9 Å². The number of benzene rings is 1. The number of hydrogen-bond donors (Lipinski definition) is 0. The van der Waals surface area contributed by atoms with Crippen LogP contribution in [-0.2, 0) is 11.2 Å². The van der Waals surface area contributed by atoms with Crippen molar-refractivity contribution in [3.8, 4) is 0 Å². The van der Waals surface area contributed by atoms with Crippen LogP contribution in [0.5, 0.6) is 0 Å². The Hall–Kier alpha value is -0.890. The second-order valence-corrected chi connectivity index (χ2v) is 4.26. The normalized spacial score (nSPS) is 30.0. The number of halogens is 2. The van der Waals surface area contributed by atoms with Crippen LogP contribution in [0, 0.1) is 5.41 Å². The molecule has 0 aromatic heterocycles. The summed E-state index contributed by atoms with van der Waals surface area (Å²) in [5.41, 5.74) is 0.218. The van der Waals surface area contributed by atoms with Crippen molar-refractivity contribution < 1.29 is 9.18 Å². The predicted molar refractivity (Wildman–Crippen MR) is 53.2 cm³/mol. The van der Waals surface area contributed by atoms with E-state index in [0.717, 1.165) is 11.8 Å².